The highest BCUT2D eigenvalue weighted by molar-refractivity contribution is 7.99. The van der Waals surface area contributed by atoms with Gasteiger partial charge in [0.25, 0.3) is 5.91 Å². The molecular weight excluding hydrogens is 464 g/mol. The molecule has 10 nitrogen and oxygen atoms in total. The summed E-state index contributed by atoms with van der Waals surface area (Å²) in [6.45, 7) is 4.38. The van der Waals surface area contributed by atoms with Crippen LogP contribution in [0.4, 0.5) is 23.0 Å². The summed E-state index contributed by atoms with van der Waals surface area (Å²) in [5, 5.41) is 7.78. The van der Waals surface area contributed by atoms with Gasteiger partial charge in [-0.05, 0) is 25.3 Å². The van der Waals surface area contributed by atoms with E-state index < -0.39 is 0 Å². The van der Waals surface area contributed by atoms with Crippen molar-refractivity contribution in [3.05, 3.63) is 40.6 Å². The van der Waals surface area contributed by atoms with Crippen LogP contribution in [-0.2, 0) is 4.79 Å². The van der Waals surface area contributed by atoms with Crippen LogP contribution < -0.4 is 31.6 Å². The van der Waals surface area contributed by atoms with E-state index in [9.17, 15) is 9.59 Å². The second-order valence-electron chi connectivity index (χ2n) is 6.48. The van der Waals surface area contributed by atoms with Crippen molar-refractivity contribution in [3.63, 3.8) is 0 Å². The van der Waals surface area contributed by atoms with E-state index in [2.05, 4.69) is 20.6 Å². The summed E-state index contributed by atoms with van der Waals surface area (Å²) < 4.78 is 11.4. The fraction of sp³-hybridized carbons (Fsp3) is 0.238. The minimum absolute atomic E-state index is 0.0231. The van der Waals surface area contributed by atoms with Gasteiger partial charge < -0.3 is 31.6 Å². The Morgan fingerprint density at radius 1 is 1.00 bits per heavy atom. The number of nitrogens with zero attached hydrogens (tertiary/aromatic N) is 2. The topological polar surface area (TPSA) is 154 Å². The highest BCUT2D eigenvalue weighted by Crippen LogP contribution is 2.37. The number of nitrogens with two attached hydrogens (primary N) is 2. The molecule has 12 heteroatoms. The summed E-state index contributed by atoms with van der Waals surface area (Å²) in [7, 11) is 0. The van der Waals surface area contributed by atoms with Crippen molar-refractivity contribution in [3.8, 4) is 11.5 Å². The largest absolute Gasteiger partial charge is 0.492 e. The number of hydrogen-bond donors (Lipinski definition) is 4. The fourth-order valence-corrected chi connectivity index (χ4v) is 4.03. The molecule has 174 valence electrons. The van der Waals surface area contributed by atoms with Crippen molar-refractivity contribution in [1.29, 1.82) is 0 Å². The van der Waals surface area contributed by atoms with Gasteiger partial charge in [-0.25, -0.2) is 9.97 Å². The molecule has 3 rings (SSSR count). The lowest BCUT2D eigenvalue weighted by molar-refractivity contribution is -0.113. The van der Waals surface area contributed by atoms with Gasteiger partial charge in [0, 0.05) is 18.2 Å². The third-order valence-corrected chi connectivity index (χ3v) is 5.74. The zero-order valence-electron chi connectivity index (χ0n) is 18.1. The molecule has 2 amide bonds. The normalized spacial score (nSPS) is 10.5. The first-order valence-electron chi connectivity index (χ1n) is 10.0. The molecule has 0 bridgehead atoms. The molecule has 6 N–H and O–H groups in total. The molecule has 0 atom stereocenters. The molecule has 0 unspecified atom stereocenters. The second-order valence-corrected chi connectivity index (χ2v) is 8.37. The van der Waals surface area contributed by atoms with Gasteiger partial charge in [-0.15, -0.1) is 11.3 Å². The molecule has 0 radical (unpaired) electrons. The maximum Gasteiger partial charge on any atom is 0.265 e. The lowest BCUT2D eigenvalue weighted by Gasteiger charge is -2.17. The van der Waals surface area contributed by atoms with Crippen LogP contribution in [0.5, 0.6) is 11.5 Å². The molecule has 2 heterocycles. The first-order valence-corrected chi connectivity index (χ1v) is 11.9. The third-order valence-electron chi connectivity index (χ3n) is 4.03. The van der Waals surface area contributed by atoms with Crippen molar-refractivity contribution in [2.24, 2.45) is 0 Å². The molecule has 33 heavy (non-hydrogen) atoms. The molecule has 2 aromatic heterocycles. The van der Waals surface area contributed by atoms with Crippen LogP contribution in [0.3, 0.4) is 0 Å². The number of carbonyl (C=O) groups excluding carboxylic acids is 2. The van der Waals surface area contributed by atoms with Gasteiger partial charge in [0.15, 0.2) is 5.16 Å². The number of carbonyl (C=O) groups is 2. The van der Waals surface area contributed by atoms with Crippen molar-refractivity contribution in [2.75, 3.05) is 41.1 Å². The van der Waals surface area contributed by atoms with Crippen LogP contribution in [0, 0.1) is 0 Å². The number of ether oxygens (including phenoxy) is 2. The zero-order valence-corrected chi connectivity index (χ0v) is 19.7. The highest BCUT2D eigenvalue weighted by Gasteiger charge is 2.17. The molecular formula is C21H24N6O4S2. The van der Waals surface area contributed by atoms with Crippen molar-refractivity contribution in [2.45, 2.75) is 19.0 Å². The minimum atomic E-state index is -0.316. The average molecular weight is 489 g/mol. The fourth-order valence-electron chi connectivity index (χ4n) is 2.74. The average Bonchev–Trinajstić information content (AvgIpc) is 3.30. The van der Waals surface area contributed by atoms with Gasteiger partial charge in [0.1, 0.15) is 23.1 Å². The Kier molecular flexibility index (Phi) is 8.33. The zero-order chi connectivity index (χ0) is 23.8. The van der Waals surface area contributed by atoms with Crippen LogP contribution in [0.1, 0.15) is 23.5 Å². The Hall–Kier alpha value is -3.51. The minimum Gasteiger partial charge on any atom is -0.492 e. The van der Waals surface area contributed by atoms with Gasteiger partial charge in [0.2, 0.25) is 5.91 Å². The SMILES string of the molecule is CCOc1cc(NC(=O)c2cccs2)c(OCC)cc1NC(=O)CSc1nc(N)cc(N)n1. The van der Waals surface area contributed by atoms with E-state index in [-0.39, 0.29) is 29.2 Å². The standard InChI is InChI=1S/C21H24N6O4S2/c1-3-30-14-9-13(25-20(29)16-6-5-7-32-16)15(31-4-2)8-12(14)24-19(28)11-33-21-26-17(22)10-18(23)27-21/h5-10H,3-4,11H2,1-2H3,(H,24,28)(H,25,29)(H4,22,23,26,27). The van der Waals surface area contributed by atoms with E-state index in [4.69, 9.17) is 20.9 Å². The number of nitrogens with one attached hydrogen (secondary N) is 2. The number of rotatable bonds is 10. The number of nitrogen functional groups attached to an aromatic ring is 2. The summed E-state index contributed by atoms with van der Waals surface area (Å²) in [6.07, 6.45) is 0. The maximum atomic E-state index is 12.6. The van der Waals surface area contributed by atoms with Crippen LogP contribution in [0.25, 0.3) is 0 Å². The van der Waals surface area contributed by atoms with E-state index in [1.54, 1.807) is 24.3 Å². The van der Waals surface area contributed by atoms with E-state index in [0.717, 1.165) is 11.8 Å². The molecule has 0 saturated heterocycles. The monoisotopic (exact) mass is 488 g/mol. The lowest BCUT2D eigenvalue weighted by atomic mass is 10.2. The Bertz CT molecular complexity index is 1100. The predicted octanol–water partition coefficient (Wildman–Crippen LogP) is 3.48. The van der Waals surface area contributed by atoms with Crippen LogP contribution in [0.2, 0.25) is 0 Å². The van der Waals surface area contributed by atoms with Gasteiger partial charge in [0.05, 0.1) is 35.2 Å². The number of thioether (sulfide) groups is 1. The Labute approximate surface area is 199 Å². The third kappa shape index (κ3) is 6.73. The van der Waals surface area contributed by atoms with E-state index in [1.807, 2.05) is 19.2 Å². The number of anilines is 4. The van der Waals surface area contributed by atoms with Crippen LogP contribution >= 0.6 is 23.1 Å². The Morgan fingerprint density at radius 2 is 1.61 bits per heavy atom. The number of benzene rings is 1. The predicted molar refractivity (Wildman–Crippen MR) is 131 cm³/mol. The lowest BCUT2D eigenvalue weighted by Crippen LogP contribution is -2.17. The highest BCUT2D eigenvalue weighted by atomic mass is 32.2. The van der Waals surface area contributed by atoms with Crippen LogP contribution in [0.15, 0.2) is 40.9 Å². The molecule has 0 saturated carbocycles. The van der Waals surface area contributed by atoms with Gasteiger partial charge in [-0.2, -0.15) is 0 Å². The van der Waals surface area contributed by atoms with E-state index >= 15 is 0 Å². The van der Waals surface area contributed by atoms with Crippen LogP contribution in [-0.4, -0.2) is 40.7 Å². The number of hydrogen-bond acceptors (Lipinski definition) is 10. The summed E-state index contributed by atoms with van der Waals surface area (Å²) in [5.41, 5.74) is 12.2. The first kappa shape index (κ1) is 24.1. The number of aromatic nitrogens is 2. The quantitative estimate of drug-likeness (QED) is 0.248. The Balaban J connectivity index is 1.78. The van der Waals surface area contributed by atoms with Gasteiger partial charge >= 0.3 is 0 Å². The number of amides is 2. The molecule has 3 aromatic rings. The molecule has 0 aliphatic carbocycles. The Morgan fingerprint density at radius 3 is 2.15 bits per heavy atom. The van der Waals surface area contributed by atoms with Gasteiger partial charge in [-0.1, -0.05) is 17.8 Å². The second kappa shape index (κ2) is 11.4. The molecule has 0 fully saturated rings. The number of thiophene rings is 1. The van der Waals surface area contributed by atoms with Crippen molar-refractivity contribution < 1.29 is 19.1 Å². The molecule has 0 spiro atoms. The smallest absolute Gasteiger partial charge is 0.265 e. The maximum absolute atomic E-state index is 12.6. The summed E-state index contributed by atoms with van der Waals surface area (Å²) in [4.78, 5) is 33.8. The summed E-state index contributed by atoms with van der Waals surface area (Å²) >= 11 is 2.43. The van der Waals surface area contributed by atoms with Crippen molar-refractivity contribution in [1.82, 2.24) is 9.97 Å². The summed E-state index contributed by atoms with van der Waals surface area (Å²) in [5.74, 6) is 0.698. The molecule has 1 aromatic carbocycles. The summed E-state index contributed by atoms with van der Waals surface area (Å²) in [6, 6.07) is 8.22. The molecule has 0 aliphatic rings. The van der Waals surface area contributed by atoms with E-state index in [0.29, 0.717) is 46.1 Å². The van der Waals surface area contributed by atoms with Crippen molar-refractivity contribution >= 4 is 57.9 Å². The van der Waals surface area contributed by atoms with Gasteiger partial charge in [-0.3, -0.25) is 9.59 Å². The first-order chi connectivity index (χ1) is 15.9. The van der Waals surface area contributed by atoms with E-state index in [1.165, 1.54) is 17.4 Å². The molecule has 0 aliphatic heterocycles.